The van der Waals surface area contributed by atoms with Gasteiger partial charge in [-0.2, -0.15) is 30.9 Å². The number of ether oxygens (including phenoxy) is 1. The molecule has 0 fully saturated rings. The van der Waals surface area contributed by atoms with E-state index in [-0.39, 0.29) is 0 Å². The first-order valence-electron chi connectivity index (χ1n) is 9.38. The molecule has 0 radical (unpaired) electrons. The normalized spacial score (nSPS) is 13.0. The van der Waals surface area contributed by atoms with Crippen LogP contribution in [0.15, 0.2) is 5.51 Å². The number of alkyl halides is 6. The third-order valence-corrected chi connectivity index (χ3v) is 7.72. The van der Waals surface area contributed by atoms with Gasteiger partial charge in [0.25, 0.3) is 0 Å². The van der Waals surface area contributed by atoms with Crippen LogP contribution < -0.4 is 4.57 Å². The van der Waals surface area contributed by atoms with Crippen molar-refractivity contribution in [2.45, 2.75) is 69.9 Å². The fourth-order valence-corrected chi connectivity index (χ4v) is 5.18. The first-order chi connectivity index (χ1) is 14.5. The predicted molar refractivity (Wildman–Crippen MR) is 107 cm³/mol. The van der Waals surface area contributed by atoms with Crippen LogP contribution in [0.1, 0.15) is 50.1 Å². The maximum absolute atomic E-state index is 11.4. The van der Waals surface area contributed by atoms with Crippen molar-refractivity contribution in [2.24, 2.45) is 0 Å². The van der Waals surface area contributed by atoms with Gasteiger partial charge in [-0.15, -0.1) is 0 Å². The van der Waals surface area contributed by atoms with Crippen LogP contribution >= 0.6 is 11.3 Å². The highest BCUT2D eigenvalue weighted by atomic mass is 32.3. The summed E-state index contributed by atoms with van der Waals surface area (Å²) in [6.07, 6.45) is 7.79. The number of aromatic nitrogens is 1. The average Bonchev–Trinajstić information content (AvgIpc) is 3.03. The number of aryl methyl sites for hydroxylation is 1. The Hall–Kier alpha value is -0.970. The van der Waals surface area contributed by atoms with Gasteiger partial charge in [0.15, 0.2) is 32.3 Å². The third kappa shape index (κ3) is 9.89. The molecule has 0 aromatic carbocycles. The zero-order valence-electron chi connectivity index (χ0n) is 17.7. The first kappa shape index (κ1) is 31.0. The Morgan fingerprint density at radius 1 is 0.969 bits per heavy atom. The lowest BCUT2D eigenvalue weighted by Crippen LogP contribution is -2.37. The van der Waals surface area contributed by atoms with E-state index in [0.29, 0.717) is 0 Å². The van der Waals surface area contributed by atoms with Gasteiger partial charge in [0.1, 0.15) is 6.61 Å². The molecule has 190 valence electrons. The lowest BCUT2D eigenvalue weighted by atomic mass is 10.1. The topological polar surface area (TPSA) is 95.5 Å². The summed E-state index contributed by atoms with van der Waals surface area (Å²) in [6.45, 7) is 6.32. The number of hydrogen-bond acceptors (Lipinski definition) is 6. The van der Waals surface area contributed by atoms with Gasteiger partial charge in [-0.3, -0.25) is 0 Å². The van der Waals surface area contributed by atoms with Crippen molar-refractivity contribution in [2.75, 3.05) is 13.7 Å². The van der Waals surface area contributed by atoms with Crippen LogP contribution in [-0.2, 0) is 44.2 Å². The summed E-state index contributed by atoms with van der Waals surface area (Å²) in [5.74, 6) is 0. The molecule has 1 heterocycles. The molecule has 0 aliphatic rings. The minimum absolute atomic E-state index is 0.778. The van der Waals surface area contributed by atoms with Gasteiger partial charge in [0.2, 0.25) is 5.51 Å². The molecule has 0 unspecified atom stereocenters. The number of sulfonamides is 2. The van der Waals surface area contributed by atoms with Crippen molar-refractivity contribution in [3.8, 4) is 0 Å². The molecule has 32 heavy (non-hydrogen) atoms. The summed E-state index contributed by atoms with van der Waals surface area (Å²) in [6, 6.07) is 0. The highest BCUT2D eigenvalue weighted by Gasteiger charge is 2.46. The van der Waals surface area contributed by atoms with Gasteiger partial charge in [-0.05, 0) is 12.8 Å². The summed E-state index contributed by atoms with van der Waals surface area (Å²) in [7, 11) is -11.7. The molecule has 1 aromatic heterocycles. The molecule has 16 heteroatoms. The summed E-state index contributed by atoms with van der Waals surface area (Å²) < 4.78 is 117. The molecule has 0 aliphatic carbocycles. The molecule has 1 rings (SSSR count). The number of thiazole rings is 1. The summed E-state index contributed by atoms with van der Waals surface area (Å²) >= 11 is 1.92. The number of unbranched alkanes of at least 4 members (excludes halogenated alkanes) is 3. The number of hydrogen-bond donors (Lipinski definition) is 0. The largest absolute Gasteiger partial charge is 0.480 e. The molecule has 1 aromatic rings. The molecule has 0 amide bonds. The van der Waals surface area contributed by atoms with Crippen molar-refractivity contribution in [3.63, 3.8) is 0 Å². The standard InChI is InChI=1S/C14H26NOS.C2F6NO4S2/c1-4-6-7-8-9-14-13(5-2)15(12-17-14)10-11-16-3;3-1(4,5)14(10,11)9-15(12,13)2(6,7)8/h12H,4-11H2,1-3H3;/q+1;-1. The van der Waals surface area contributed by atoms with Gasteiger partial charge in [-0.1, -0.05) is 44.4 Å². The lowest BCUT2D eigenvalue weighted by Gasteiger charge is -2.22. The lowest BCUT2D eigenvalue weighted by molar-refractivity contribution is -0.700. The third-order valence-electron chi connectivity index (χ3n) is 3.90. The molecule has 0 atom stereocenters. The second kappa shape index (κ2) is 13.1. The monoisotopic (exact) mass is 536 g/mol. The quantitative estimate of drug-likeness (QED) is 0.237. The maximum atomic E-state index is 11.4. The van der Waals surface area contributed by atoms with E-state index >= 15 is 0 Å². The second-order valence-corrected chi connectivity index (χ2v) is 10.7. The molecule has 0 bridgehead atoms. The summed E-state index contributed by atoms with van der Waals surface area (Å²) in [5, 5.41) is 0. The number of halogens is 6. The smallest absolute Gasteiger partial charge is 0.421 e. The van der Waals surface area contributed by atoms with Crippen LogP contribution in [0.4, 0.5) is 26.3 Å². The highest BCUT2D eigenvalue weighted by molar-refractivity contribution is 8.13. The summed E-state index contributed by atoms with van der Waals surface area (Å²) in [5.41, 5.74) is -8.63. The van der Waals surface area contributed by atoms with E-state index in [1.54, 1.807) is 12.0 Å². The van der Waals surface area contributed by atoms with E-state index in [1.807, 2.05) is 11.3 Å². The van der Waals surface area contributed by atoms with E-state index in [0.717, 1.165) is 23.7 Å². The average molecular weight is 537 g/mol. The van der Waals surface area contributed by atoms with E-state index in [1.165, 1.54) is 37.8 Å². The first-order valence-corrected chi connectivity index (χ1v) is 13.1. The van der Waals surface area contributed by atoms with Crippen LogP contribution in [0.5, 0.6) is 0 Å². The van der Waals surface area contributed by atoms with Gasteiger partial charge in [0, 0.05) is 13.5 Å². The summed E-state index contributed by atoms with van der Waals surface area (Å²) in [4.78, 5) is 1.58. The number of rotatable bonds is 11. The number of methoxy groups -OCH3 is 1. The molecule has 0 saturated carbocycles. The van der Waals surface area contributed by atoms with Crippen molar-refractivity contribution >= 4 is 31.4 Å². The SMILES string of the molecule is CCCCCCc1sc[n+](CCOC)c1CC.O=S(=O)([N-]S(=O)(=O)C(F)(F)F)C(F)(F)F. The minimum Gasteiger partial charge on any atom is -0.421 e. The molecular weight excluding hydrogens is 510 g/mol. The Morgan fingerprint density at radius 2 is 1.50 bits per heavy atom. The Morgan fingerprint density at radius 3 is 1.91 bits per heavy atom. The van der Waals surface area contributed by atoms with Gasteiger partial charge in [-0.25, -0.2) is 16.8 Å². The fourth-order valence-electron chi connectivity index (χ4n) is 2.33. The van der Waals surface area contributed by atoms with E-state index in [4.69, 9.17) is 4.74 Å². The Kier molecular flexibility index (Phi) is 12.7. The van der Waals surface area contributed by atoms with E-state index in [9.17, 15) is 43.2 Å². The predicted octanol–water partition coefficient (Wildman–Crippen LogP) is 4.43. The highest BCUT2D eigenvalue weighted by Crippen LogP contribution is 2.36. The molecular formula is C16H26F6N2O5S3. The van der Waals surface area contributed by atoms with Gasteiger partial charge < -0.3 is 8.86 Å². The molecule has 0 N–H and O–H groups in total. The van der Waals surface area contributed by atoms with E-state index in [2.05, 4.69) is 23.9 Å². The Balaban J connectivity index is 0.000000607. The number of nitrogens with zero attached hydrogens (tertiary/aromatic N) is 2. The Labute approximate surface area is 187 Å². The molecule has 7 nitrogen and oxygen atoms in total. The van der Waals surface area contributed by atoms with Crippen LogP contribution in [0, 0.1) is 0 Å². The van der Waals surface area contributed by atoms with Crippen LogP contribution in [0.2, 0.25) is 0 Å². The van der Waals surface area contributed by atoms with Crippen LogP contribution in [0.3, 0.4) is 0 Å². The maximum Gasteiger partial charge on any atom is 0.480 e. The zero-order chi connectivity index (χ0) is 25.2. The fraction of sp³-hybridized carbons (Fsp3) is 0.812. The van der Waals surface area contributed by atoms with Gasteiger partial charge in [0.05, 0.1) is 4.88 Å². The van der Waals surface area contributed by atoms with Crippen molar-refractivity contribution < 1.29 is 52.5 Å². The van der Waals surface area contributed by atoms with Crippen LogP contribution in [0.25, 0.3) is 4.13 Å². The Bertz CT molecular complexity index is 854. The zero-order valence-corrected chi connectivity index (χ0v) is 20.1. The van der Waals surface area contributed by atoms with Crippen molar-refractivity contribution in [3.05, 3.63) is 20.2 Å². The van der Waals surface area contributed by atoms with Crippen molar-refractivity contribution in [1.82, 2.24) is 0 Å². The van der Waals surface area contributed by atoms with Crippen molar-refractivity contribution in [1.29, 1.82) is 0 Å². The van der Waals surface area contributed by atoms with E-state index < -0.39 is 31.1 Å². The molecule has 0 saturated heterocycles. The van der Waals surface area contributed by atoms with Gasteiger partial charge >= 0.3 is 11.0 Å². The van der Waals surface area contributed by atoms with Crippen LogP contribution in [-0.4, -0.2) is 41.6 Å². The molecule has 0 spiro atoms. The second-order valence-electron chi connectivity index (χ2n) is 6.36. The molecule has 0 aliphatic heterocycles. The minimum atomic E-state index is -6.72.